The summed E-state index contributed by atoms with van der Waals surface area (Å²) >= 11 is 0. The van der Waals surface area contributed by atoms with Crippen molar-refractivity contribution >= 4 is 24.4 Å². The lowest BCUT2D eigenvalue weighted by Gasteiger charge is -2.14. The molecule has 68 valence electrons. The molecule has 11 heavy (non-hydrogen) atoms. The van der Waals surface area contributed by atoms with E-state index in [1.165, 1.54) is 0 Å². The maximum atomic E-state index is 10.3. The zero-order chi connectivity index (χ0) is 9.28. The van der Waals surface area contributed by atoms with E-state index in [4.69, 9.17) is 14.7 Å². The van der Waals surface area contributed by atoms with Gasteiger partial charge < -0.3 is 19.6 Å². The van der Waals surface area contributed by atoms with E-state index >= 15 is 0 Å². The van der Waals surface area contributed by atoms with Crippen molar-refractivity contribution in [2.75, 3.05) is 0 Å². The normalized spacial score (nSPS) is 18.1. The van der Waals surface area contributed by atoms with Crippen LogP contribution in [0.5, 0.6) is 0 Å². The van der Waals surface area contributed by atoms with Crippen molar-refractivity contribution in [3.05, 3.63) is 0 Å². The lowest BCUT2D eigenvalue weighted by atomic mass is 10.6. The molecule has 1 atom stereocenters. The van der Waals surface area contributed by atoms with Gasteiger partial charge in [0.15, 0.2) is 5.25 Å². The van der Waals surface area contributed by atoms with Crippen LogP contribution < -0.4 is 4.89 Å². The van der Waals surface area contributed by atoms with Crippen LogP contribution in [0, 0.1) is 0 Å². The summed E-state index contributed by atoms with van der Waals surface area (Å²) < 4.78 is 10.3. The molecule has 0 aliphatic rings. The fraction of sp³-hybridized carbons (Fsp3) is 1.00. The summed E-state index contributed by atoms with van der Waals surface area (Å²) in [7, 11) is -4.53. The minimum Gasteiger partial charge on any atom is -0.768 e. The zero-order valence-corrected chi connectivity index (χ0v) is 8.64. The molecule has 8 heteroatoms. The first-order valence-electron chi connectivity index (χ1n) is 2.74. The Morgan fingerprint density at radius 1 is 1.36 bits per heavy atom. The second-order valence-corrected chi connectivity index (χ2v) is 11.5. The second-order valence-electron chi connectivity index (χ2n) is 2.16. The Bertz CT molecular complexity index is 224. The van der Waals surface area contributed by atoms with Crippen molar-refractivity contribution in [2.24, 2.45) is 0 Å². The minimum atomic E-state index is -4.99. The van der Waals surface area contributed by atoms with Crippen molar-refractivity contribution in [3.63, 3.8) is 0 Å². The van der Waals surface area contributed by atoms with Gasteiger partial charge in [-0.3, -0.25) is 4.57 Å². The highest BCUT2D eigenvalue weighted by molar-refractivity contribution is 8.50. The molecule has 0 amide bonds. The third-order valence-corrected chi connectivity index (χ3v) is 8.84. The van der Waals surface area contributed by atoms with Crippen molar-refractivity contribution < 1.29 is 24.1 Å². The van der Waals surface area contributed by atoms with Gasteiger partial charge in [-0.15, -0.1) is 0 Å². The smallest absolute Gasteiger partial charge is 0.437 e. The molecule has 0 aliphatic carbocycles. The van der Waals surface area contributed by atoms with Gasteiger partial charge in [-0.2, -0.15) is 0 Å². The maximum absolute atomic E-state index is 10.3. The molecule has 1 unspecified atom stereocenters. The van der Waals surface area contributed by atoms with Crippen LogP contribution in [0.25, 0.3) is 0 Å². The van der Waals surface area contributed by atoms with Crippen LogP contribution in [0.2, 0.25) is 0 Å². The Kier molecular flexibility index (Phi) is 3.86. The summed E-state index contributed by atoms with van der Waals surface area (Å²) in [6.45, 7) is 3.20. The van der Waals surface area contributed by atoms with Gasteiger partial charge in [0.05, 0.1) is 0 Å². The third kappa shape index (κ3) is 3.76. The van der Waals surface area contributed by atoms with Gasteiger partial charge in [0.2, 0.25) is 10.9 Å². The highest BCUT2D eigenvalue weighted by atomic mass is 32.7. The fourth-order valence-corrected chi connectivity index (χ4v) is 5.85. The van der Waals surface area contributed by atoms with E-state index in [0.717, 1.165) is 0 Å². The highest BCUT2D eigenvalue weighted by Gasteiger charge is 2.37. The quantitative estimate of drug-likeness (QED) is 0.437. The summed E-state index contributed by atoms with van der Waals surface area (Å²) in [5, 5.41) is -0.257. The van der Waals surface area contributed by atoms with Crippen molar-refractivity contribution in [1.29, 1.82) is 0 Å². The molecule has 0 aromatic rings. The Labute approximate surface area is 68.3 Å². The fourth-order valence-electron chi connectivity index (χ4n) is 0.342. The molecule has 0 spiro atoms. The van der Waals surface area contributed by atoms with Crippen molar-refractivity contribution in [1.82, 2.24) is 0 Å². The van der Waals surface area contributed by atoms with Crippen molar-refractivity contribution in [2.45, 2.75) is 19.1 Å². The topological polar surface area (TPSA) is 101 Å². The van der Waals surface area contributed by atoms with E-state index in [-0.39, 0.29) is 5.25 Å². The predicted octanol–water partition coefficient (Wildman–Crippen LogP) is -0.315. The zero-order valence-electron chi connectivity index (χ0n) is 6.04. The monoisotopic (exact) mass is 220 g/mol. The molecule has 0 saturated carbocycles. The Balaban J connectivity index is 4.89. The molecule has 3 N–H and O–H groups in total. The van der Waals surface area contributed by atoms with Gasteiger partial charge in [0.1, 0.15) is 0 Å². The average molecular weight is 220 g/mol. The maximum Gasteiger partial charge on any atom is 0.437 e. The van der Waals surface area contributed by atoms with Crippen LogP contribution in [0.1, 0.15) is 13.8 Å². The number of hydrogen-bond acceptors (Lipinski definition) is 2. The van der Waals surface area contributed by atoms with E-state index in [9.17, 15) is 9.46 Å². The van der Waals surface area contributed by atoms with Gasteiger partial charge in [-0.25, -0.2) is 0 Å². The number of hydrogen-bond donors (Lipinski definition) is 3. The Morgan fingerprint density at radius 2 is 1.73 bits per heavy atom. The van der Waals surface area contributed by atoms with Gasteiger partial charge >= 0.3 is 6.18 Å². The highest BCUT2D eigenvalue weighted by Crippen LogP contribution is 2.70. The van der Waals surface area contributed by atoms with E-state index < -0.39 is 13.5 Å². The van der Waals surface area contributed by atoms with Crippen LogP contribution in [0.4, 0.5) is 0 Å². The standard InChI is InChI=1S/C3H10O5P2S/c1-3(2)11-10(7,8)9(4,5)6/h3H,1-2H3,(H3-,4,5,6,7,8). The molecular weight excluding hydrogens is 210 g/mol. The largest absolute Gasteiger partial charge is 0.768 e. The third-order valence-electron chi connectivity index (χ3n) is 0.681. The van der Waals surface area contributed by atoms with Crippen LogP contribution in [0.15, 0.2) is 0 Å². The molecular formula is C3H10O5P2S. The summed E-state index contributed by atoms with van der Waals surface area (Å²) in [6.07, 6.45) is -4.21. The molecule has 0 aromatic heterocycles. The van der Waals surface area contributed by atoms with E-state index in [2.05, 4.69) is 0 Å². The van der Waals surface area contributed by atoms with Gasteiger partial charge in [0, 0.05) is 0 Å². The summed E-state index contributed by atoms with van der Waals surface area (Å²) in [6, 6.07) is 0. The summed E-state index contributed by atoms with van der Waals surface area (Å²) in [5.74, 6) is 0. The van der Waals surface area contributed by atoms with E-state index in [1.807, 2.05) is 0 Å². The Hall–Kier alpha value is 0.720. The Morgan fingerprint density at radius 3 is 1.82 bits per heavy atom. The van der Waals surface area contributed by atoms with Gasteiger partial charge in [-0.1, -0.05) is 0 Å². The molecule has 0 aromatic carbocycles. The van der Waals surface area contributed by atoms with Crippen molar-refractivity contribution in [3.8, 4) is 0 Å². The minimum absolute atomic E-state index is 0.257. The second kappa shape index (κ2) is 3.62. The predicted molar refractivity (Wildman–Crippen MR) is 43.7 cm³/mol. The van der Waals surface area contributed by atoms with E-state index in [1.54, 1.807) is 13.8 Å². The first-order valence-corrected chi connectivity index (χ1v) is 8.20. The SMILES string of the molecule is CC(C)[S+]=P(O)(O)P(=O)([O-])O. The molecule has 0 fully saturated rings. The van der Waals surface area contributed by atoms with Crippen LogP contribution in [-0.2, 0) is 15.5 Å². The van der Waals surface area contributed by atoms with E-state index in [0.29, 0.717) is 10.9 Å². The molecule has 5 nitrogen and oxygen atoms in total. The van der Waals surface area contributed by atoms with Crippen LogP contribution in [-0.4, -0.2) is 19.9 Å². The summed E-state index contributed by atoms with van der Waals surface area (Å²) in [4.78, 5) is 36.3. The van der Waals surface area contributed by atoms with Gasteiger partial charge in [0.25, 0.3) is 7.28 Å². The average Bonchev–Trinajstić information content (AvgIpc) is 1.56. The van der Waals surface area contributed by atoms with Gasteiger partial charge in [-0.05, 0) is 13.8 Å². The molecule has 0 radical (unpaired) electrons. The first kappa shape index (κ1) is 11.7. The number of rotatable bonds is 2. The lowest BCUT2D eigenvalue weighted by Crippen LogP contribution is -2.02. The molecule has 0 aliphatic heterocycles. The lowest BCUT2D eigenvalue weighted by molar-refractivity contribution is -0.186. The first-order chi connectivity index (χ1) is 4.67. The molecule has 0 heterocycles. The molecule has 0 saturated heterocycles. The van der Waals surface area contributed by atoms with Crippen LogP contribution in [0.3, 0.4) is 0 Å². The molecule has 0 bridgehead atoms. The molecule has 0 rings (SSSR count). The van der Waals surface area contributed by atoms with Crippen LogP contribution >= 0.6 is 13.5 Å². The summed E-state index contributed by atoms with van der Waals surface area (Å²) in [5.41, 5.74) is 0.